The molecule has 192 valence electrons. The van der Waals surface area contributed by atoms with Gasteiger partial charge in [-0.2, -0.15) is 0 Å². The van der Waals surface area contributed by atoms with Crippen molar-refractivity contribution >= 4 is 106 Å². The second-order valence-corrected chi connectivity index (χ2v) is 11.0. The fourth-order valence-corrected chi connectivity index (χ4v) is 6.46. The van der Waals surface area contributed by atoms with E-state index in [9.17, 15) is 4.79 Å². The number of thiol groups is 1. The summed E-state index contributed by atoms with van der Waals surface area (Å²) in [7, 11) is 0. The second-order valence-electron chi connectivity index (χ2n) is 8.67. The molecule has 0 bridgehead atoms. The topological polar surface area (TPSA) is 65.0 Å². The Morgan fingerprint density at radius 1 is 0.821 bits per heavy atom. The van der Waals surface area contributed by atoms with Crippen molar-refractivity contribution in [3.8, 4) is 11.5 Å². The Morgan fingerprint density at radius 2 is 1.44 bits per heavy atom. The molecule has 39 heavy (non-hydrogen) atoms. The minimum absolute atomic E-state index is 0. The summed E-state index contributed by atoms with van der Waals surface area (Å²) in [5.74, 6) is 1.44. The van der Waals surface area contributed by atoms with Gasteiger partial charge in [-0.05, 0) is 51.9 Å². The van der Waals surface area contributed by atoms with E-state index in [-0.39, 0.29) is 75.9 Å². The number of carbonyl (C=O) groups excluding carboxylic acids is 1. The van der Waals surface area contributed by atoms with Crippen molar-refractivity contribution in [3.05, 3.63) is 114 Å². The molecule has 0 spiro atoms. The van der Waals surface area contributed by atoms with Crippen molar-refractivity contribution in [3.63, 3.8) is 0 Å². The molecule has 0 saturated heterocycles. The average Bonchev–Trinajstić information content (AvgIpc) is 2.95. The fraction of sp³-hybridized carbons (Fsp3) is 0.0968. The van der Waals surface area contributed by atoms with Crippen molar-refractivity contribution in [2.45, 2.75) is 11.0 Å². The quantitative estimate of drug-likeness (QED) is 0.0594. The van der Waals surface area contributed by atoms with Crippen molar-refractivity contribution in [2.24, 2.45) is 0 Å². The summed E-state index contributed by atoms with van der Waals surface area (Å²) in [6.07, 6.45) is -0.465. The zero-order valence-electron chi connectivity index (χ0n) is 20.2. The number of benzene rings is 5. The molecule has 0 radical (unpaired) electrons. The van der Waals surface area contributed by atoms with Crippen LogP contribution in [0.2, 0.25) is 0 Å². The summed E-state index contributed by atoms with van der Waals surface area (Å²) in [4.78, 5) is 13.7. The molecular weight excluding hydrogens is 556 g/mol. The van der Waals surface area contributed by atoms with Gasteiger partial charge in [-0.25, -0.2) is 4.79 Å². The number of aliphatic hydroxyl groups excluding tert-OH is 1. The van der Waals surface area contributed by atoms with Gasteiger partial charge in [-0.3, -0.25) is 0 Å². The van der Waals surface area contributed by atoms with Gasteiger partial charge in [-0.15, -0.1) is 0 Å². The summed E-state index contributed by atoms with van der Waals surface area (Å²) in [5.41, 5.74) is 1.76. The van der Waals surface area contributed by atoms with Gasteiger partial charge < -0.3 is 19.3 Å². The first-order chi connectivity index (χ1) is 18.7. The summed E-state index contributed by atoms with van der Waals surface area (Å²) in [6, 6.07) is 34.3. The molecule has 6 rings (SSSR count). The number of rotatable bonds is 4. The molecule has 0 aromatic heterocycles. The Balaban J connectivity index is 0.00000308. The van der Waals surface area contributed by atoms with E-state index in [0.29, 0.717) is 4.38 Å². The van der Waals surface area contributed by atoms with Crippen LogP contribution >= 0.6 is 23.1 Å². The zero-order valence-corrected chi connectivity index (χ0v) is 22.0. The third-order valence-corrected chi connectivity index (χ3v) is 8.24. The van der Waals surface area contributed by atoms with Crippen LogP contribution in [0.1, 0.15) is 17.2 Å². The average molecular weight is 581 g/mol. The molecule has 0 aliphatic carbocycles. The number of para-hydroxylation sites is 2. The van der Waals surface area contributed by atoms with Crippen LogP contribution in [0.15, 0.2) is 108 Å². The van der Waals surface area contributed by atoms with Crippen molar-refractivity contribution < 1.29 is 24.1 Å². The first kappa shape index (κ1) is 28.5. The van der Waals surface area contributed by atoms with E-state index in [2.05, 4.69) is 30.3 Å². The summed E-state index contributed by atoms with van der Waals surface area (Å²) in [6.45, 7) is -0.297. The van der Waals surface area contributed by atoms with Gasteiger partial charge in [-0.1, -0.05) is 95.9 Å². The third kappa shape index (κ3) is 6.35. The number of carbonyl (C=O) groups is 1. The standard InChI is InChI=1S/C31H24O5S2.K.H/c32-16-17-34-30(33)38-31(36-29-23-11-3-5-13-26(23)35-27-14-6-4-12-24(27)29)37-28-15-7-10-22-18-20-8-1-2-9-21(20)19-25(22)28;;/h1-15,18-19,29,32,38H,16-17H2;;. The van der Waals surface area contributed by atoms with Crippen LogP contribution in [-0.2, 0) is 9.47 Å². The Bertz CT molecular complexity index is 1640. The molecule has 0 fully saturated rings. The van der Waals surface area contributed by atoms with Crippen molar-refractivity contribution in [1.29, 1.82) is 0 Å². The van der Waals surface area contributed by atoms with Crippen molar-refractivity contribution in [1.82, 2.24) is 0 Å². The van der Waals surface area contributed by atoms with Gasteiger partial charge in [0, 0.05) is 16.0 Å². The van der Waals surface area contributed by atoms with Gasteiger partial charge >= 0.3 is 56.7 Å². The molecule has 1 N–H and O–H groups in total. The van der Waals surface area contributed by atoms with Gasteiger partial charge in [0.2, 0.25) is 0 Å². The van der Waals surface area contributed by atoms with Gasteiger partial charge in [0.25, 0.3) is 0 Å². The zero-order chi connectivity index (χ0) is 25.9. The van der Waals surface area contributed by atoms with Crippen molar-refractivity contribution in [2.75, 3.05) is 13.2 Å². The molecule has 1 aliphatic rings. The molecule has 1 heterocycles. The number of thioether (sulfide) groups is 1. The number of aliphatic hydroxyl groups is 1. The molecule has 0 saturated carbocycles. The van der Waals surface area contributed by atoms with E-state index in [1.807, 2.05) is 72.8 Å². The van der Waals surface area contributed by atoms with Crippen LogP contribution < -0.4 is 4.74 Å². The Hall–Kier alpha value is -1.98. The van der Waals surface area contributed by atoms with Crippen LogP contribution in [0, 0.1) is 0 Å². The summed E-state index contributed by atoms with van der Waals surface area (Å²) in [5, 5.41) is 13.1. The van der Waals surface area contributed by atoms with Crippen LogP contribution in [0.3, 0.4) is 0 Å². The SMILES string of the molecule is O=C(OCCO)[SH]=C(OC1c2ccccc2Oc2ccccc21)Sc1cccc2cc3ccccc3cc12.[KH]. The predicted molar refractivity (Wildman–Crippen MR) is 163 cm³/mol. The molecule has 0 amide bonds. The Morgan fingerprint density at radius 3 is 2.13 bits per heavy atom. The second kappa shape index (κ2) is 13.1. The van der Waals surface area contributed by atoms with E-state index in [1.54, 1.807) is 0 Å². The Labute approximate surface area is 276 Å². The molecule has 0 unspecified atom stereocenters. The van der Waals surface area contributed by atoms with Crippen LogP contribution in [0.5, 0.6) is 11.5 Å². The normalized spacial score (nSPS) is 13.0. The van der Waals surface area contributed by atoms with Crippen LogP contribution in [-0.4, -0.2) is 79.4 Å². The van der Waals surface area contributed by atoms with E-state index < -0.39 is 11.4 Å². The van der Waals surface area contributed by atoms with Gasteiger partial charge in [0.1, 0.15) is 28.6 Å². The Kier molecular flexibility index (Phi) is 9.60. The molecule has 8 heteroatoms. The molecule has 5 nitrogen and oxygen atoms in total. The molecule has 5 aromatic carbocycles. The first-order valence-electron chi connectivity index (χ1n) is 12.2. The maximum absolute atomic E-state index is 12.7. The molecule has 5 aromatic rings. The molecule has 0 atom stereocenters. The third-order valence-electron chi connectivity index (χ3n) is 6.24. The van der Waals surface area contributed by atoms with Crippen LogP contribution in [0.4, 0.5) is 4.79 Å². The van der Waals surface area contributed by atoms with E-state index in [0.717, 1.165) is 43.7 Å². The number of ether oxygens (including phenoxy) is 3. The van der Waals surface area contributed by atoms with Gasteiger partial charge in [0.05, 0.1) is 6.61 Å². The van der Waals surface area contributed by atoms with E-state index >= 15 is 0 Å². The monoisotopic (exact) mass is 580 g/mol. The minimum atomic E-state index is -0.485. The van der Waals surface area contributed by atoms with Gasteiger partial charge in [0.15, 0.2) is 0 Å². The number of hydrogen-bond donors (Lipinski definition) is 2. The van der Waals surface area contributed by atoms with E-state index in [1.165, 1.54) is 17.1 Å². The maximum atomic E-state index is 12.7. The van der Waals surface area contributed by atoms with E-state index in [4.69, 9.17) is 19.3 Å². The molecular formula is C31H25KO5S2. The summed E-state index contributed by atoms with van der Waals surface area (Å²) >= 11 is 1.66. The summed E-state index contributed by atoms with van der Waals surface area (Å²) < 4.78 is 18.5. The number of fused-ring (bicyclic) bond motifs is 4. The number of hydrogen-bond acceptors (Lipinski definition) is 6. The first-order valence-corrected chi connectivity index (χ1v) is 13.9. The van der Waals surface area contributed by atoms with Crippen LogP contribution in [0.25, 0.3) is 21.5 Å². The fourth-order valence-electron chi connectivity index (χ4n) is 4.53. The molecule has 1 aliphatic heterocycles. The predicted octanol–water partition coefficient (Wildman–Crippen LogP) is 7.03.